The van der Waals surface area contributed by atoms with Crippen molar-refractivity contribution in [2.24, 2.45) is 5.73 Å². The normalized spacial score (nSPS) is 21.3. The second-order valence-corrected chi connectivity index (χ2v) is 4.17. The van der Waals surface area contributed by atoms with Gasteiger partial charge in [-0.3, -0.25) is 0 Å². The SMILES string of the molecule is NC1=CC=CN2C=CC=C[C@@H]2c2ccccc21. The van der Waals surface area contributed by atoms with Gasteiger partial charge in [-0.15, -0.1) is 0 Å². The summed E-state index contributed by atoms with van der Waals surface area (Å²) >= 11 is 0. The summed E-state index contributed by atoms with van der Waals surface area (Å²) in [4.78, 5) is 2.18. The Labute approximate surface area is 101 Å². The van der Waals surface area contributed by atoms with Crippen molar-refractivity contribution in [3.63, 3.8) is 0 Å². The monoisotopic (exact) mass is 222 g/mol. The van der Waals surface area contributed by atoms with Crippen LogP contribution in [0.25, 0.3) is 5.70 Å². The molecular formula is C15H14N2. The Morgan fingerprint density at radius 1 is 1.00 bits per heavy atom. The first kappa shape index (κ1) is 9.97. The van der Waals surface area contributed by atoms with Gasteiger partial charge in [-0.05, 0) is 23.8 Å². The van der Waals surface area contributed by atoms with Crippen LogP contribution in [0.2, 0.25) is 0 Å². The number of rotatable bonds is 0. The molecule has 3 rings (SSSR count). The second kappa shape index (κ2) is 3.98. The highest BCUT2D eigenvalue weighted by Gasteiger charge is 2.19. The zero-order valence-electron chi connectivity index (χ0n) is 9.45. The molecule has 1 atom stereocenters. The Kier molecular flexibility index (Phi) is 2.33. The summed E-state index contributed by atoms with van der Waals surface area (Å²) in [5.41, 5.74) is 9.27. The zero-order chi connectivity index (χ0) is 11.7. The average molecular weight is 222 g/mol. The van der Waals surface area contributed by atoms with E-state index in [-0.39, 0.29) is 6.04 Å². The fourth-order valence-electron chi connectivity index (χ4n) is 2.27. The van der Waals surface area contributed by atoms with E-state index in [2.05, 4.69) is 41.5 Å². The molecule has 2 heterocycles. The maximum Gasteiger partial charge on any atom is 0.0773 e. The number of nitrogens with zero attached hydrogens (tertiary/aromatic N) is 1. The Balaban J connectivity index is 2.20. The number of benzene rings is 1. The van der Waals surface area contributed by atoms with E-state index in [1.54, 1.807) is 0 Å². The second-order valence-electron chi connectivity index (χ2n) is 4.17. The molecule has 2 nitrogen and oxygen atoms in total. The van der Waals surface area contributed by atoms with Crippen LogP contribution in [-0.2, 0) is 0 Å². The van der Waals surface area contributed by atoms with E-state index in [1.807, 2.05) is 30.5 Å². The third-order valence-corrected chi connectivity index (χ3v) is 3.11. The van der Waals surface area contributed by atoms with Crippen molar-refractivity contribution in [1.82, 2.24) is 4.90 Å². The molecule has 0 radical (unpaired) electrons. The van der Waals surface area contributed by atoms with Crippen LogP contribution in [-0.4, -0.2) is 4.90 Å². The van der Waals surface area contributed by atoms with E-state index >= 15 is 0 Å². The Morgan fingerprint density at radius 2 is 1.82 bits per heavy atom. The van der Waals surface area contributed by atoms with E-state index in [0.717, 1.165) is 11.3 Å². The van der Waals surface area contributed by atoms with Gasteiger partial charge in [-0.25, -0.2) is 0 Å². The summed E-state index contributed by atoms with van der Waals surface area (Å²) in [7, 11) is 0. The molecule has 17 heavy (non-hydrogen) atoms. The van der Waals surface area contributed by atoms with Crippen molar-refractivity contribution in [2.45, 2.75) is 6.04 Å². The maximum atomic E-state index is 6.09. The van der Waals surface area contributed by atoms with Gasteiger partial charge in [-0.2, -0.15) is 0 Å². The van der Waals surface area contributed by atoms with E-state index < -0.39 is 0 Å². The van der Waals surface area contributed by atoms with Gasteiger partial charge in [0.15, 0.2) is 0 Å². The van der Waals surface area contributed by atoms with Gasteiger partial charge < -0.3 is 10.6 Å². The van der Waals surface area contributed by atoms with Gasteiger partial charge in [0.05, 0.1) is 6.04 Å². The van der Waals surface area contributed by atoms with Gasteiger partial charge >= 0.3 is 0 Å². The summed E-state index contributed by atoms with van der Waals surface area (Å²) in [6.45, 7) is 0. The summed E-state index contributed by atoms with van der Waals surface area (Å²) in [6, 6.07) is 8.53. The quantitative estimate of drug-likeness (QED) is 0.731. The molecule has 0 saturated heterocycles. The lowest BCUT2D eigenvalue weighted by Gasteiger charge is -2.30. The fourth-order valence-corrected chi connectivity index (χ4v) is 2.27. The van der Waals surface area contributed by atoms with Crippen molar-refractivity contribution >= 4 is 5.70 Å². The fraction of sp³-hybridized carbons (Fsp3) is 0.0667. The molecule has 84 valence electrons. The highest BCUT2D eigenvalue weighted by molar-refractivity contribution is 5.68. The van der Waals surface area contributed by atoms with E-state index in [9.17, 15) is 0 Å². The molecule has 0 amide bonds. The topological polar surface area (TPSA) is 29.3 Å². The van der Waals surface area contributed by atoms with Crippen molar-refractivity contribution in [3.05, 3.63) is 78.2 Å². The minimum absolute atomic E-state index is 0.236. The van der Waals surface area contributed by atoms with E-state index in [4.69, 9.17) is 5.73 Å². The molecule has 2 aliphatic rings. The molecule has 0 aromatic heterocycles. The van der Waals surface area contributed by atoms with Crippen LogP contribution in [0, 0.1) is 0 Å². The molecule has 1 aromatic rings. The highest BCUT2D eigenvalue weighted by Crippen LogP contribution is 2.31. The smallest absolute Gasteiger partial charge is 0.0773 e. The van der Waals surface area contributed by atoms with Gasteiger partial charge in [0.25, 0.3) is 0 Å². The third kappa shape index (κ3) is 1.68. The highest BCUT2D eigenvalue weighted by atomic mass is 15.1. The maximum absolute atomic E-state index is 6.09. The molecule has 2 heteroatoms. The molecule has 0 saturated carbocycles. The van der Waals surface area contributed by atoms with Gasteiger partial charge in [0.1, 0.15) is 0 Å². The first-order valence-corrected chi connectivity index (χ1v) is 5.72. The molecule has 0 aliphatic carbocycles. The van der Waals surface area contributed by atoms with Crippen LogP contribution in [0.1, 0.15) is 17.2 Å². The Bertz CT molecular complexity index is 550. The molecule has 0 bridgehead atoms. The predicted octanol–water partition coefficient (Wildman–Crippen LogP) is 2.94. The number of allylic oxidation sites excluding steroid dienone is 4. The van der Waals surface area contributed by atoms with Gasteiger partial charge in [0, 0.05) is 23.7 Å². The third-order valence-electron chi connectivity index (χ3n) is 3.11. The predicted molar refractivity (Wildman–Crippen MR) is 70.6 cm³/mol. The van der Waals surface area contributed by atoms with Crippen LogP contribution in [0.4, 0.5) is 0 Å². The van der Waals surface area contributed by atoms with Crippen molar-refractivity contribution in [3.8, 4) is 0 Å². The van der Waals surface area contributed by atoms with Crippen LogP contribution in [0.5, 0.6) is 0 Å². The lowest BCUT2D eigenvalue weighted by Crippen LogP contribution is -2.20. The zero-order valence-corrected chi connectivity index (χ0v) is 9.45. The molecule has 1 aromatic carbocycles. The summed E-state index contributed by atoms with van der Waals surface area (Å²) in [5, 5.41) is 0. The molecular weight excluding hydrogens is 208 g/mol. The number of hydrogen-bond acceptors (Lipinski definition) is 2. The van der Waals surface area contributed by atoms with Crippen LogP contribution in [0.3, 0.4) is 0 Å². The van der Waals surface area contributed by atoms with Crippen molar-refractivity contribution in [1.29, 1.82) is 0 Å². The van der Waals surface area contributed by atoms with Gasteiger partial charge in [0.2, 0.25) is 0 Å². The Hall–Kier alpha value is -2.22. The van der Waals surface area contributed by atoms with E-state index in [0.29, 0.717) is 0 Å². The standard InChI is InChI=1S/C15H14N2/c16-14-8-5-11-17-10-4-3-9-15(17)13-7-2-1-6-12(13)14/h1-11,15H,16H2/t15-/m1/s1. The minimum Gasteiger partial charge on any atom is -0.398 e. The van der Waals surface area contributed by atoms with Crippen molar-refractivity contribution in [2.75, 3.05) is 0 Å². The molecule has 2 aliphatic heterocycles. The number of nitrogens with two attached hydrogens (primary N) is 1. The lowest BCUT2D eigenvalue weighted by molar-refractivity contribution is 0.432. The van der Waals surface area contributed by atoms with Gasteiger partial charge in [-0.1, -0.05) is 36.4 Å². The van der Waals surface area contributed by atoms with E-state index in [1.165, 1.54) is 5.56 Å². The molecule has 0 unspecified atom stereocenters. The summed E-state index contributed by atoms with van der Waals surface area (Å²) in [5.74, 6) is 0. The summed E-state index contributed by atoms with van der Waals surface area (Å²) in [6.07, 6.45) is 14.4. The molecule has 2 N–H and O–H groups in total. The van der Waals surface area contributed by atoms with Crippen molar-refractivity contribution < 1.29 is 0 Å². The van der Waals surface area contributed by atoms with Crippen LogP contribution in [0.15, 0.2) is 67.0 Å². The molecule has 0 fully saturated rings. The minimum atomic E-state index is 0.236. The van der Waals surface area contributed by atoms with Crippen LogP contribution >= 0.6 is 0 Å². The molecule has 0 spiro atoms. The van der Waals surface area contributed by atoms with Crippen LogP contribution < -0.4 is 5.73 Å². The first-order valence-electron chi connectivity index (χ1n) is 5.72. The first-order chi connectivity index (χ1) is 8.36. The Morgan fingerprint density at radius 3 is 2.76 bits per heavy atom. The number of fused-ring (bicyclic) bond motifs is 3. The largest absolute Gasteiger partial charge is 0.398 e. The summed E-state index contributed by atoms with van der Waals surface area (Å²) < 4.78 is 0. The number of hydrogen-bond donors (Lipinski definition) is 1. The average Bonchev–Trinajstić information content (AvgIpc) is 2.37. The lowest BCUT2D eigenvalue weighted by atomic mass is 9.95.